The molecular weight excluding hydrogens is 326 g/mol. The summed E-state index contributed by atoms with van der Waals surface area (Å²) < 4.78 is 5.44. The van der Waals surface area contributed by atoms with E-state index in [9.17, 15) is 9.90 Å². The number of hydrogen-bond acceptors (Lipinski definition) is 3. The number of amides is 1. The summed E-state index contributed by atoms with van der Waals surface area (Å²) in [5.74, 6) is 0.323. The maximum Gasteiger partial charge on any atom is 0.410 e. The predicted molar refractivity (Wildman–Crippen MR) is 96.6 cm³/mol. The zero-order valence-electron chi connectivity index (χ0n) is 15.2. The first-order chi connectivity index (χ1) is 11.1. The third-order valence-corrected chi connectivity index (χ3v) is 4.81. The van der Waals surface area contributed by atoms with Crippen LogP contribution in [0.4, 0.5) is 4.79 Å². The highest BCUT2D eigenvalue weighted by molar-refractivity contribution is 6.31. The van der Waals surface area contributed by atoms with Gasteiger partial charge in [-0.1, -0.05) is 17.7 Å². The molecule has 0 bridgehead atoms. The van der Waals surface area contributed by atoms with Crippen LogP contribution in [0.3, 0.4) is 0 Å². The SMILES string of the molecule is Cc1cc(C2CCN(C(=O)OC(C)(C)C)CC2)c([C@@H](C)O)cc1Cl. The maximum absolute atomic E-state index is 12.2. The van der Waals surface area contributed by atoms with Crippen LogP contribution in [0, 0.1) is 6.92 Å². The molecule has 1 atom stereocenters. The van der Waals surface area contributed by atoms with Crippen LogP contribution >= 0.6 is 11.6 Å². The molecule has 1 amide bonds. The summed E-state index contributed by atoms with van der Waals surface area (Å²) in [6, 6.07) is 3.95. The van der Waals surface area contributed by atoms with Crippen LogP contribution in [0.15, 0.2) is 12.1 Å². The molecule has 2 rings (SSSR count). The third kappa shape index (κ3) is 4.64. The monoisotopic (exact) mass is 353 g/mol. The van der Waals surface area contributed by atoms with Gasteiger partial charge in [0.15, 0.2) is 0 Å². The first kappa shape index (κ1) is 19.1. The number of benzene rings is 1. The summed E-state index contributed by atoms with van der Waals surface area (Å²) >= 11 is 6.21. The highest BCUT2D eigenvalue weighted by Gasteiger charge is 2.29. The van der Waals surface area contributed by atoms with Crippen molar-refractivity contribution in [2.45, 2.75) is 65.1 Å². The van der Waals surface area contributed by atoms with E-state index in [1.807, 2.05) is 33.8 Å². The van der Waals surface area contributed by atoms with Crippen molar-refractivity contribution < 1.29 is 14.6 Å². The summed E-state index contributed by atoms with van der Waals surface area (Å²) in [4.78, 5) is 13.9. The van der Waals surface area contributed by atoms with E-state index in [4.69, 9.17) is 16.3 Å². The molecule has 0 spiro atoms. The Kier molecular flexibility index (Phi) is 5.82. The van der Waals surface area contributed by atoms with Crippen LogP contribution in [0.1, 0.15) is 69.2 Å². The van der Waals surface area contributed by atoms with Gasteiger partial charge in [0.05, 0.1) is 6.10 Å². The standard InChI is InChI=1S/C19H28ClNO3/c1-12-10-16(15(13(2)22)11-17(12)20)14-6-8-21(9-7-14)18(23)24-19(3,4)5/h10-11,13-14,22H,6-9H2,1-5H3/t13-/m1/s1. The normalized spacial score (nSPS) is 17.7. The molecule has 0 radical (unpaired) electrons. The number of rotatable bonds is 2. The lowest BCUT2D eigenvalue weighted by Gasteiger charge is -2.34. The number of aliphatic hydroxyl groups is 1. The van der Waals surface area contributed by atoms with Gasteiger partial charge in [-0.2, -0.15) is 0 Å². The minimum absolute atomic E-state index is 0.246. The second-order valence-corrected chi connectivity index (χ2v) is 8.06. The zero-order valence-corrected chi connectivity index (χ0v) is 16.0. The van der Waals surface area contributed by atoms with E-state index in [2.05, 4.69) is 6.07 Å². The molecule has 0 aliphatic carbocycles. The van der Waals surface area contributed by atoms with E-state index < -0.39 is 11.7 Å². The van der Waals surface area contributed by atoms with Gasteiger partial charge in [0.25, 0.3) is 0 Å². The van der Waals surface area contributed by atoms with Gasteiger partial charge in [-0.3, -0.25) is 0 Å². The molecule has 1 fully saturated rings. The molecule has 1 aromatic rings. The van der Waals surface area contributed by atoms with Gasteiger partial charge in [-0.05, 0) is 76.1 Å². The molecule has 0 unspecified atom stereocenters. The zero-order chi connectivity index (χ0) is 18.1. The highest BCUT2D eigenvalue weighted by Crippen LogP contribution is 2.36. The van der Waals surface area contributed by atoms with Crippen LogP contribution in [-0.4, -0.2) is 34.8 Å². The van der Waals surface area contributed by atoms with Gasteiger partial charge < -0.3 is 14.7 Å². The molecule has 134 valence electrons. The molecule has 1 N–H and O–H groups in total. The number of halogens is 1. The second kappa shape index (κ2) is 7.32. The van der Waals surface area contributed by atoms with Crippen LogP contribution in [0.5, 0.6) is 0 Å². The number of ether oxygens (including phenoxy) is 1. The average molecular weight is 354 g/mol. The topological polar surface area (TPSA) is 49.8 Å². The summed E-state index contributed by atoms with van der Waals surface area (Å²) in [5.41, 5.74) is 2.59. The summed E-state index contributed by atoms with van der Waals surface area (Å²) in [7, 11) is 0. The Bertz CT molecular complexity index is 599. The summed E-state index contributed by atoms with van der Waals surface area (Å²) in [5, 5.41) is 10.8. The Morgan fingerprint density at radius 3 is 2.42 bits per heavy atom. The van der Waals surface area contributed by atoms with Crippen molar-refractivity contribution in [2.24, 2.45) is 0 Å². The lowest BCUT2D eigenvalue weighted by molar-refractivity contribution is 0.0204. The molecule has 0 aromatic heterocycles. The van der Waals surface area contributed by atoms with Crippen molar-refractivity contribution in [3.63, 3.8) is 0 Å². The maximum atomic E-state index is 12.2. The molecule has 4 nitrogen and oxygen atoms in total. The van der Waals surface area contributed by atoms with Crippen LogP contribution in [0.2, 0.25) is 5.02 Å². The molecule has 1 aliphatic heterocycles. The summed E-state index contributed by atoms with van der Waals surface area (Å²) in [6.07, 6.45) is 0.922. The van der Waals surface area contributed by atoms with Crippen LogP contribution < -0.4 is 0 Å². The lowest BCUT2D eigenvalue weighted by Crippen LogP contribution is -2.41. The van der Waals surface area contributed by atoms with Crippen molar-refractivity contribution in [1.29, 1.82) is 0 Å². The fraction of sp³-hybridized carbons (Fsp3) is 0.632. The molecule has 1 heterocycles. The fourth-order valence-electron chi connectivity index (χ4n) is 3.13. The van der Waals surface area contributed by atoms with E-state index in [1.54, 1.807) is 11.8 Å². The number of nitrogens with zero attached hydrogens (tertiary/aromatic N) is 1. The Morgan fingerprint density at radius 2 is 1.92 bits per heavy atom. The van der Waals surface area contributed by atoms with Gasteiger partial charge >= 0.3 is 6.09 Å². The number of likely N-dealkylation sites (tertiary alicyclic amines) is 1. The molecule has 1 saturated heterocycles. The minimum Gasteiger partial charge on any atom is -0.444 e. The van der Waals surface area contributed by atoms with E-state index in [0.29, 0.717) is 24.0 Å². The van der Waals surface area contributed by atoms with Crippen molar-refractivity contribution >= 4 is 17.7 Å². The van der Waals surface area contributed by atoms with Gasteiger partial charge in [0, 0.05) is 18.1 Å². The van der Waals surface area contributed by atoms with Crippen LogP contribution in [0.25, 0.3) is 0 Å². The Hall–Kier alpha value is -1.26. The Morgan fingerprint density at radius 1 is 1.33 bits per heavy atom. The first-order valence-corrected chi connectivity index (χ1v) is 8.92. The van der Waals surface area contributed by atoms with Crippen molar-refractivity contribution in [2.75, 3.05) is 13.1 Å². The average Bonchev–Trinajstić information content (AvgIpc) is 2.48. The van der Waals surface area contributed by atoms with E-state index in [0.717, 1.165) is 29.5 Å². The number of aryl methyl sites for hydroxylation is 1. The van der Waals surface area contributed by atoms with Crippen molar-refractivity contribution in [3.05, 3.63) is 33.8 Å². The number of carbonyl (C=O) groups excluding carboxylic acids is 1. The molecule has 1 aliphatic rings. The van der Waals surface area contributed by atoms with Gasteiger partial charge in [-0.25, -0.2) is 4.79 Å². The Labute approximate surface area is 149 Å². The minimum atomic E-state index is -0.554. The predicted octanol–water partition coefficient (Wildman–Crippen LogP) is 4.82. The van der Waals surface area contributed by atoms with Gasteiger partial charge in [0.1, 0.15) is 5.60 Å². The van der Waals surface area contributed by atoms with Gasteiger partial charge in [-0.15, -0.1) is 0 Å². The lowest BCUT2D eigenvalue weighted by atomic mass is 9.84. The van der Waals surface area contributed by atoms with E-state index in [1.165, 1.54) is 0 Å². The van der Waals surface area contributed by atoms with Gasteiger partial charge in [0.2, 0.25) is 0 Å². The van der Waals surface area contributed by atoms with Crippen molar-refractivity contribution in [3.8, 4) is 0 Å². The van der Waals surface area contributed by atoms with Crippen molar-refractivity contribution in [1.82, 2.24) is 4.90 Å². The quantitative estimate of drug-likeness (QED) is 0.829. The fourth-order valence-corrected chi connectivity index (χ4v) is 3.31. The molecular formula is C19H28ClNO3. The Balaban J connectivity index is 2.10. The third-order valence-electron chi connectivity index (χ3n) is 4.40. The van der Waals surface area contributed by atoms with E-state index in [-0.39, 0.29) is 6.09 Å². The first-order valence-electron chi connectivity index (χ1n) is 8.54. The van der Waals surface area contributed by atoms with Crippen LogP contribution in [-0.2, 0) is 4.74 Å². The summed E-state index contributed by atoms with van der Waals surface area (Å²) in [6.45, 7) is 10.7. The number of hydrogen-bond donors (Lipinski definition) is 1. The van der Waals surface area contributed by atoms with E-state index >= 15 is 0 Å². The number of aliphatic hydroxyl groups excluding tert-OH is 1. The second-order valence-electron chi connectivity index (χ2n) is 7.65. The number of piperidine rings is 1. The molecule has 24 heavy (non-hydrogen) atoms. The molecule has 1 aromatic carbocycles. The smallest absolute Gasteiger partial charge is 0.410 e. The largest absolute Gasteiger partial charge is 0.444 e. The number of carbonyl (C=O) groups is 1. The molecule has 0 saturated carbocycles. The highest BCUT2D eigenvalue weighted by atomic mass is 35.5. The molecule has 5 heteroatoms.